The second-order valence-electron chi connectivity index (χ2n) is 5.16. The second-order valence-corrected chi connectivity index (χ2v) is 6.48. The standard InChI is InChI=1S/C17H18ClN3O2S/c1-21(9-10-23-15-5-3-2-4-14(15)18)8-6-16(22)20-17-13(12-19)7-11-24-17/h2-5,7,11H,6,8-10H2,1H3,(H,20,22). The quantitative estimate of drug-likeness (QED) is 0.778. The smallest absolute Gasteiger partial charge is 0.226 e. The summed E-state index contributed by atoms with van der Waals surface area (Å²) in [5.41, 5.74) is 0.495. The van der Waals surface area contributed by atoms with Crippen molar-refractivity contribution in [3.05, 3.63) is 46.3 Å². The van der Waals surface area contributed by atoms with Crippen LogP contribution in [0, 0.1) is 11.3 Å². The van der Waals surface area contributed by atoms with Gasteiger partial charge in [0.15, 0.2) is 0 Å². The van der Waals surface area contributed by atoms with Gasteiger partial charge in [-0.15, -0.1) is 11.3 Å². The van der Waals surface area contributed by atoms with Gasteiger partial charge in [-0.3, -0.25) is 4.79 Å². The minimum Gasteiger partial charge on any atom is -0.491 e. The van der Waals surface area contributed by atoms with E-state index in [1.165, 1.54) is 11.3 Å². The van der Waals surface area contributed by atoms with E-state index in [1.54, 1.807) is 17.5 Å². The topological polar surface area (TPSA) is 65.4 Å². The van der Waals surface area contributed by atoms with Crippen LogP contribution in [0.4, 0.5) is 5.00 Å². The largest absolute Gasteiger partial charge is 0.491 e. The number of nitriles is 1. The molecule has 0 spiro atoms. The molecule has 0 aliphatic carbocycles. The van der Waals surface area contributed by atoms with E-state index in [9.17, 15) is 4.79 Å². The minimum absolute atomic E-state index is 0.104. The molecular weight excluding hydrogens is 346 g/mol. The molecule has 0 saturated carbocycles. The van der Waals surface area contributed by atoms with Gasteiger partial charge in [-0.05, 0) is 30.6 Å². The Kier molecular flexibility index (Phi) is 7.07. The molecule has 0 aliphatic rings. The normalized spacial score (nSPS) is 10.4. The average molecular weight is 364 g/mol. The van der Waals surface area contributed by atoms with Gasteiger partial charge >= 0.3 is 0 Å². The maximum absolute atomic E-state index is 11.9. The molecule has 0 atom stereocenters. The Morgan fingerprint density at radius 1 is 1.38 bits per heavy atom. The van der Waals surface area contributed by atoms with Gasteiger partial charge in [0.25, 0.3) is 0 Å². The molecule has 1 amide bonds. The fourth-order valence-corrected chi connectivity index (χ4v) is 2.90. The number of likely N-dealkylation sites (N-methyl/N-ethyl adjacent to an activating group) is 1. The molecule has 1 heterocycles. The maximum Gasteiger partial charge on any atom is 0.226 e. The zero-order valence-corrected chi connectivity index (χ0v) is 14.9. The van der Waals surface area contributed by atoms with Crippen molar-refractivity contribution < 1.29 is 9.53 Å². The molecule has 1 N–H and O–H groups in total. The summed E-state index contributed by atoms with van der Waals surface area (Å²) < 4.78 is 5.62. The van der Waals surface area contributed by atoms with Crippen LogP contribution < -0.4 is 10.1 Å². The molecule has 2 rings (SSSR count). The fraction of sp³-hybridized carbons (Fsp3) is 0.294. The number of benzene rings is 1. The Labute approximate surface area is 150 Å². The zero-order chi connectivity index (χ0) is 17.4. The number of carbonyl (C=O) groups excluding carboxylic acids is 1. The molecule has 0 fully saturated rings. The maximum atomic E-state index is 11.9. The van der Waals surface area contributed by atoms with Gasteiger partial charge in [0.05, 0.1) is 10.6 Å². The lowest BCUT2D eigenvalue weighted by molar-refractivity contribution is -0.116. The van der Waals surface area contributed by atoms with Crippen molar-refractivity contribution in [2.75, 3.05) is 32.1 Å². The van der Waals surface area contributed by atoms with E-state index in [0.717, 1.165) is 0 Å². The first kappa shape index (κ1) is 18.3. The zero-order valence-electron chi connectivity index (χ0n) is 13.3. The second kappa shape index (κ2) is 9.28. The fourth-order valence-electron chi connectivity index (χ4n) is 1.96. The van der Waals surface area contributed by atoms with Gasteiger partial charge in [0, 0.05) is 19.5 Å². The number of thiophene rings is 1. The predicted molar refractivity (Wildman–Crippen MR) is 96.7 cm³/mol. The lowest BCUT2D eigenvalue weighted by atomic mass is 10.3. The first-order valence-corrected chi connectivity index (χ1v) is 8.69. The SMILES string of the molecule is CN(CCOc1ccccc1Cl)CCC(=O)Nc1sccc1C#N. The monoisotopic (exact) mass is 363 g/mol. The van der Waals surface area contributed by atoms with Crippen molar-refractivity contribution in [3.63, 3.8) is 0 Å². The molecule has 0 unspecified atom stereocenters. The summed E-state index contributed by atoms with van der Waals surface area (Å²) >= 11 is 7.37. The summed E-state index contributed by atoms with van der Waals surface area (Å²) in [6.45, 7) is 1.78. The van der Waals surface area contributed by atoms with Crippen molar-refractivity contribution in [2.45, 2.75) is 6.42 Å². The molecule has 1 aromatic carbocycles. The lowest BCUT2D eigenvalue weighted by Gasteiger charge is -2.17. The van der Waals surface area contributed by atoms with E-state index in [1.807, 2.05) is 30.1 Å². The highest BCUT2D eigenvalue weighted by molar-refractivity contribution is 7.14. The van der Waals surface area contributed by atoms with Crippen molar-refractivity contribution in [3.8, 4) is 11.8 Å². The van der Waals surface area contributed by atoms with Crippen LogP contribution in [-0.2, 0) is 4.79 Å². The van der Waals surface area contributed by atoms with Crippen LogP contribution in [0.2, 0.25) is 5.02 Å². The van der Waals surface area contributed by atoms with Crippen LogP contribution in [0.1, 0.15) is 12.0 Å². The highest BCUT2D eigenvalue weighted by Gasteiger charge is 2.09. The molecule has 0 radical (unpaired) electrons. The molecule has 7 heteroatoms. The average Bonchev–Trinajstić information content (AvgIpc) is 3.02. The van der Waals surface area contributed by atoms with Crippen LogP contribution in [-0.4, -0.2) is 37.6 Å². The summed E-state index contributed by atoms with van der Waals surface area (Å²) in [7, 11) is 1.93. The number of nitrogens with zero attached hydrogens (tertiary/aromatic N) is 2. The van der Waals surface area contributed by atoms with Crippen LogP contribution in [0.25, 0.3) is 0 Å². The number of rotatable bonds is 8. The van der Waals surface area contributed by atoms with Crippen molar-refractivity contribution in [2.24, 2.45) is 0 Å². The first-order valence-electron chi connectivity index (χ1n) is 7.43. The summed E-state index contributed by atoms with van der Waals surface area (Å²) in [4.78, 5) is 13.9. The van der Waals surface area contributed by atoms with Gasteiger partial charge < -0.3 is 15.0 Å². The Hall–Kier alpha value is -2.07. The van der Waals surface area contributed by atoms with Gasteiger partial charge in [0.1, 0.15) is 23.4 Å². The lowest BCUT2D eigenvalue weighted by Crippen LogP contribution is -2.28. The number of hydrogen-bond donors (Lipinski definition) is 1. The van der Waals surface area contributed by atoms with Gasteiger partial charge in [-0.1, -0.05) is 23.7 Å². The number of ether oxygens (including phenoxy) is 1. The first-order chi connectivity index (χ1) is 11.6. The molecule has 24 heavy (non-hydrogen) atoms. The Morgan fingerprint density at radius 3 is 2.92 bits per heavy atom. The summed E-state index contributed by atoms with van der Waals surface area (Å²) in [5, 5.41) is 14.7. The van der Waals surface area contributed by atoms with Gasteiger partial charge in [0.2, 0.25) is 5.91 Å². The number of hydrogen-bond acceptors (Lipinski definition) is 5. The summed E-state index contributed by atoms with van der Waals surface area (Å²) in [6.07, 6.45) is 0.353. The molecule has 126 valence electrons. The van der Waals surface area contributed by atoms with Crippen molar-refractivity contribution in [1.82, 2.24) is 4.90 Å². The summed E-state index contributed by atoms with van der Waals surface area (Å²) in [6, 6.07) is 11.1. The Morgan fingerprint density at radius 2 is 2.17 bits per heavy atom. The van der Waals surface area contributed by atoms with E-state index in [0.29, 0.717) is 47.5 Å². The van der Waals surface area contributed by atoms with Crippen LogP contribution in [0.3, 0.4) is 0 Å². The molecule has 2 aromatic rings. The van der Waals surface area contributed by atoms with Crippen LogP contribution in [0.15, 0.2) is 35.7 Å². The molecule has 0 saturated heterocycles. The number of nitrogens with one attached hydrogen (secondary N) is 1. The minimum atomic E-state index is -0.104. The molecular formula is C17H18ClN3O2S. The number of anilines is 1. The highest BCUT2D eigenvalue weighted by atomic mass is 35.5. The van der Waals surface area contributed by atoms with E-state index in [2.05, 4.69) is 11.4 Å². The number of para-hydroxylation sites is 1. The van der Waals surface area contributed by atoms with Crippen molar-refractivity contribution in [1.29, 1.82) is 5.26 Å². The highest BCUT2D eigenvalue weighted by Crippen LogP contribution is 2.23. The number of carbonyl (C=O) groups is 1. The van der Waals surface area contributed by atoms with Crippen LogP contribution in [0.5, 0.6) is 5.75 Å². The van der Waals surface area contributed by atoms with Crippen molar-refractivity contribution >= 4 is 33.8 Å². The Balaban J connectivity index is 1.67. The van der Waals surface area contributed by atoms with Gasteiger partial charge in [-0.2, -0.15) is 5.26 Å². The van der Waals surface area contributed by atoms with E-state index < -0.39 is 0 Å². The van der Waals surface area contributed by atoms with E-state index >= 15 is 0 Å². The third-order valence-electron chi connectivity index (χ3n) is 3.33. The summed E-state index contributed by atoms with van der Waals surface area (Å²) in [5.74, 6) is 0.555. The number of amides is 1. The predicted octanol–water partition coefficient (Wildman–Crippen LogP) is 3.61. The van der Waals surface area contributed by atoms with Gasteiger partial charge in [-0.25, -0.2) is 0 Å². The van der Waals surface area contributed by atoms with E-state index in [-0.39, 0.29) is 5.91 Å². The van der Waals surface area contributed by atoms with E-state index in [4.69, 9.17) is 21.6 Å². The third-order valence-corrected chi connectivity index (χ3v) is 4.47. The third kappa shape index (κ3) is 5.53. The van der Waals surface area contributed by atoms with Crippen LogP contribution >= 0.6 is 22.9 Å². The number of halogens is 1. The molecule has 0 aliphatic heterocycles. The Bertz CT molecular complexity index is 727. The molecule has 1 aromatic heterocycles. The molecule has 0 bridgehead atoms. The molecule has 5 nitrogen and oxygen atoms in total.